The zero-order chi connectivity index (χ0) is 23.0. The van der Waals surface area contributed by atoms with Crippen LogP contribution in [0, 0.1) is 5.92 Å². The molecular formula is C26H28N4O3. The van der Waals surface area contributed by atoms with E-state index in [2.05, 4.69) is 44.7 Å². The molecule has 7 heteroatoms. The minimum Gasteiger partial charge on any atom is -0.462 e. The van der Waals surface area contributed by atoms with E-state index in [1.54, 1.807) is 37.3 Å². The summed E-state index contributed by atoms with van der Waals surface area (Å²) in [6.45, 7) is 3.84. The molecule has 1 N–H and O–H groups in total. The van der Waals surface area contributed by atoms with Gasteiger partial charge in [0.25, 0.3) is 5.91 Å². The number of hydrogen-bond donors (Lipinski definition) is 1. The van der Waals surface area contributed by atoms with E-state index >= 15 is 0 Å². The topological polar surface area (TPSA) is 84.4 Å². The quantitative estimate of drug-likeness (QED) is 0.545. The van der Waals surface area contributed by atoms with E-state index in [-0.39, 0.29) is 12.3 Å². The monoisotopic (exact) mass is 444 g/mol. The van der Waals surface area contributed by atoms with Crippen molar-refractivity contribution in [1.29, 1.82) is 0 Å². The van der Waals surface area contributed by atoms with Gasteiger partial charge in [0.15, 0.2) is 11.5 Å². The number of piperidine rings is 1. The van der Waals surface area contributed by atoms with Gasteiger partial charge in [0, 0.05) is 13.1 Å². The Labute approximate surface area is 193 Å². The molecule has 1 saturated heterocycles. The maximum atomic E-state index is 12.7. The van der Waals surface area contributed by atoms with E-state index in [0.29, 0.717) is 17.2 Å². The number of nitrogens with one attached hydrogen (secondary N) is 1. The highest BCUT2D eigenvalue weighted by Crippen LogP contribution is 2.24. The van der Waals surface area contributed by atoms with Crippen LogP contribution in [0.3, 0.4) is 0 Å². The van der Waals surface area contributed by atoms with Gasteiger partial charge in [-0.15, -0.1) is 10.2 Å². The zero-order valence-corrected chi connectivity index (χ0v) is 18.7. The third-order valence-corrected chi connectivity index (χ3v) is 5.86. The van der Waals surface area contributed by atoms with Crippen LogP contribution in [0.4, 0.5) is 11.5 Å². The molecule has 0 atom stereocenters. The Morgan fingerprint density at radius 3 is 2.39 bits per heavy atom. The van der Waals surface area contributed by atoms with Crippen LogP contribution in [0.2, 0.25) is 0 Å². The van der Waals surface area contributed by atoms with E-state index in [1.807, 2.05) is 12.1 Å². The molecule has 1 aliphatic heterocycles. The van der Waals surface area contributed by atoms with Gasteiger partial charge in [-0.1, -0.05) is 42.5 Å². The summed E-state index contributed by atoms with van der Waals surface area (Å²) in [5, 5.41) is 11.2. The number of ether oxygens (including phenoxy) is 1. The normalized spacial score (nSPS) is 14.0. The summed E-state index contributed by atoms with van der Waals surface area (Å²) in [5.74, 6) is 0.538. The molecule has 0 unspecified atom stereocenters. The van der Waals surface area contributed by atoms with Crippen molar-refractivity contribution in [3.63, 3.8) is 0 Å². The molecule has 1 amide bonds. The highest BCUT2D eigenvalue weighted by molar-refractivity contribution is 6.07. The highest BCUT2D eigenvalue weighted by atomic mass is 16.5. The largest absolute Gasteiger partial charge is 0.462 e. The van der Waals surface area contributed by atoms with Crippen molar-refractivity contribution in [3.05, 3.63) is 83.6 Å². The van der Waals surface area contributed by atoms with Crippen molar-refractivity contribution in [1.82, 2.24) is 10.2 Å². The molecule has 2 aromatic carbocycles. The Kier molecular flexibility index (Phi) is 7.29. The van der Waals surface area contributed by atoms with E-state index in [0.717, 1.165) is 38.2 Å². The summed E-state index contributed by atoms with van der Waals surface area (Å²) >= 11 is 0. The molecular weight excluding hydrogens is 416 g/mol. The molecule has 0 radical (unpaired) electrons. The summed E-state index contributed by atoms with van der Waals surface area (Å²) in [6.07, 6.45) is 3.31. The lowest BCUT2D eigenvalue weighted by molar-refractivity contribution is 0.0527. The Morgan fingerprint density at radius 2 is 1.70 bits per heavy atom. The third kappa shape index (κ3) is 5.74. The van der Waals surface area contributed by atoms with Crippen molar-refractivity contribution < 1.29 is 14.3 Å². The van der Waals surface area contributed by atoms with Crippen molar-refractivity contribution in [2.24, 2.45) is 5.92 Å². The molecule has 0 spiro atoms. The second-order valence-corrected chi connectivity index (χ2v) is 8.12. The van der Waals surface area contributed by atoms with Gasteiger partial charge in [0.05, 0.1) is 17.9 Å². The van der Waals surface area contributed by atoms with Crippen LogP contribution in [0.25, 0.3) is 0 Å². The lowest BCUT2D eigenvalue weighted by Gasteiger charge is -2.32. The van der Waals surface area contributed by atoms with Crippen LogP contribution in [0.15, 0.2) is 66.7 Å². The number of carbonyl (C=O) groups excluding carboxylic acids is 2. The summed E-state index contributed by atoms with van der Waals surface area (Å²) in [4.78, 5) is 27.0. The number of para-hydroxylation sites is 1. The molecule has 7 nitrogen and oxygen atoms in total. The van der Waals surface area contributed by atoms with Crippen LogP contribution in [0.5, 0.6) is 0 Å². The van der Waals surface area contributed by atoms with Crippen LogP contribution in [0.1, 0.15) is 46.2 Å². The predicted octanol–water partition coefficient (Wildman–Crippen LogP) is 4.36. The van der Waals surface area contributed by atoms with Gasteiger partial charge in [-0.05, 0) is 61.9 Å². The summed E-state index contributed by atoms with van der Waals surface area (Å²) in [7, 11) is 0. The number of aromatic nitrogens is 2. The van der Waals surface area contributed by atoms with E-state index in [4.69, 9.17) is 4.74 Å². The van der Waals surface area contributed by atoms with Crippen LogP contribution >= 0.6 is 0 Å². The molecule has 0 aliphatic carbocycles. The first-order chi connectivity index (χ1) is 16.1. The van der Waals surface area contributed by atoms with Gasteiger partial charge in [-0.25, -0.2) is 4.79 Å². The Bertz CT molecular complexity index is 1080. The SMILES string of the molecule is CCOC(=O)c1ccccc1NC(=O)c1ccc(N2CCC(Cc3ccccc3)CC2)nn1. The lowest BCUT2D eigenvalue weighted by Crippen LogP contribution is -2.35. The Morgan fingerprint density at radius 1 is 0.970 bits per heavy atom. The van der Waals surface area contributed by atoms with E-state index in [1.165, 1.54) is 5.56 Å². The number of nitrogens with zero attached hydrogens (tertiary/aromatic N) is 3. The molecule has 1 fully saturated rings. The molecule has 170 valence electrons. The first-order valence-corrected chi connectivity index (χ1v) is 11.3. The minimum atomic E-state index is -0.481. The Hall–Kier alpha value is -3.74. The van der Waals surface area contributed by atoms with Gasteiger partial charge in [0.1, 0.15) is 0 Å². The Balaban J connectivity index is 1.34. The molecule has 1 aliphatic rings. The summed E-state index contributed by atoms with van der Waals surface area (Å²) in [5.41, 5.74) is 2.26. The third-order valence-electron chi connectivity index (χ3n) is 5.86. The van der Waals surface area contributed by atoms with Gasteiger partial charge in [-0.2, -0.15) is 0 Å². The molecule has 0 saturated carbocycles. The van der Waals surface area contributed by atoms with Crippen LogP contribution < -0.4 is 10.2 Å². The standard InChI is InChI=1S/C26H28N4O3/c1-2-33-26(32)21-10-6-7-11-22(21)27-25(31)23-12-13-24(29-28-23)30-16-14-20(15-17-30)18-19-8-4-3-5-9-19/h3-13,20H,2,14-18H2,1H3,(H,27,31). The predicted molar refractivity (Wildman–Crippen MR) is 127 cm³/mol. The zero-order valence-electron chi connectivity index (χ0n) is 18.7. The van der Waals surface area contributed by atoms with Gasteiger partial charge in [0.2, 0.25) is 0 Å². The summed E-state index contributed by atoms with van der Waals surface area (Å²) in [6, 6.07) is 20.8. The van der Waals surface area contributed by atoms with Crippen molar-refractivity contribution in [2.45, 2.75) is 26.2 Å². The fourth-order valence-corrected chi connectivity index (χ4v) is 4.09. The number of esters is 1. The van der Waals surface area contributed by atoms with Gasteiger partial charge < -0.3 is 15.0 Å². The molecule has 4 rings (SSSR count). The van der Waals surface area contributed by atoms with Crippen molar-refractivity contribution in [3.8, 4) is 0 Å². The lowest BCUT2D eigenvalue weighted by atomic mass is 9.90. The second kappa shape index (κ2) is 10.7. The van der Waals surface area contributed by atoms with E-state index < -0.39 is 11.9 Å². The van der Waals surface area contributed by atoms with Crippen molar-refractivity contribution in [2.75, 3.05) is 29.9 Å². The van der Waals surface area contributed by atoms with Crippen LogP contribution in [-0.2, 0) is 11.2 Å². The molecule has 33 heavy (non-hydrogen) atoms. The summed E-state index contributed by atoms with van der Waals surface area (Å²) < 4.78 is 5.06. The smallest absolute Gasteiger partial charge is 0.340 e. The molecule has 1 aromatic heterocycles. The van der Waals surface area contributed by atoms with Crippen molar-refractivity contribution >= 4 is 23.4 Å². The number of carbonyl (C=O) groups is 2. The maximum absolute atomic E-state index is 12.7. The highest BCUT2D eigenvalue weighted by Gasteiger charge is 2.21. The number of rotatable bonds is 7. The first-order valence-electron chi connectivity index (χ1n) is 11.3. The molecule has 0 bridgehead atoms. The average Bonchev–Trinajstić information content (AvgIpc) is 2.86. The van der Waals surface area contributed by atoms with Gasteiger partial charge in [-0.3, -0.25) is 4.79 Å². The van der Waals surface area contributed by atoms with E-state index in [9.17, 15) is 9.59 Å². The average molecular weight is 445 g/mol. The first kappa shape index (κ1) is 22.5. The maximum Gasteiger partial charge on any atom is 0.340 e. The minimum absolute atomic E-state index is 0.191. The number of anilines is 2. The molecule has 3 aromatic rings. The van der Waals surface area contributed by atoms with Gasteiger partial charge >= 0.3 is 5.97 Å². The fourth-order valence-electron chi connectivity index (χ4n) is 4.09. The molecule has 2 heterocycles. The second-order valence-electron chi connectivity index (χ2n) is 8.12. The number of amides is 1. The fraction of sp³-hybridized carbons (Fsp3) is 0.308. The number of benzene rings is 2. The number of hydrogen-bond acceptors (Lipinski definition) is 6. The van der Waals surface area contributed by atoms with Crippen LogP contribution in [-0.4, -0.2) is 41.8 Å².